The predicted molar refractivity (Wildman–Crippen MR) is 51.2 cm³/mol. The molecular formula is C11H20O2. The van der Waals surface area contributed by atoms with E-state index in [1.807, 2.05) is 0 Å². The molecule has 1 N–H and O–H groups in total. The maximum Gasteiger partial charge on any atom is 0.160 e. The fourth-order valence-electron chi connectivity index (χ4n) is 2.87. The van der Waals surface area contributed by atoms with E-state index >= 15 is 0 Å². The van der Waals surface area contributed by atoms with Crippen LogP contribution in [-0.4, -0.2) is 17.5 Å². The maximum atomic E-state index is 9.84. The summed E-state index contributed by atoms with van der Waals surface area (Å²) in [7, 11) is 0. The van der Waals surface area contributed by atoms with E-state index in [1.165, 1.54) is 12.8 Å². The summed E-state index contributed by atoms with van der Waals surface area (Å²) in [6.45, 7) is 4.37. The van der Waals surface area contributed by atoms with Crippen molar-refractivity contribution in [1.29, 1.82) is 0 Å². The molecule has 2 rings (SSSR count). The summed E-state index contributed by atoms with van der Waals surface area (Å²) in [5.41, 5.74) is 0.117. The fraction of sp³-hybridized carbons (Fsp3) is 1.00. The second-order valence-corrected chi connectivity index (χ2v) is 5.05. The lowest BCUT2D eigenvalue weighted by atomic mass is 9.69. The summed E-state index contributed by atoms with van der Waals surface area (Å²) < 4.78 is 5.45. The Balaban J connectivity index is 2.04. The van der Waals surface area contributed by atoms with Crippen LogP contribution in [0.25, 0.3) is 0 Å². The quantitative estimate of drug-likeness (QED) is 0.626. The molecule has 1 heterocycles. The minimum atomic E-state index is -0.491. The standard InChI is InChI=1S/C11H20O2/c1-8-3-5-11(6-4-8)7-9(2)13-10(11)12/h8-10,12H,3-7H2,1-2H3. The summed E-state index contributed by atoms with van der Waals surface area (Å²) in [5.74, 6) is 0.841. The Morgan fingerprint density at radius 2 is 1.85 bits per heavy atom. The lowest BCUT2D eigenvalue weighted by Crippen LogP contribution is -2.34. The molecule has 1 spiro atoms. The molecule has 76 valence electrons. The molecule has 1 saturated carbocycles. The van der Waals surface area contributed by atoms with Gasteiger partial charge in [-0.1, -0.05) is 6.92 Å². The van der Waals surface area contributed by atoms with Crippen LogP contribution >= 0.6 is 0 Å². The van der Waals surface area contributed by atoms with Crippen LogP contribution in [0.5, 0.6) is 0 Å². The third kappa shape index (κ3) is 1.62. The highest BCUT2D eigenvalue weighted by molar-refractivity contribution is 4.92. The Morgan fingerprint density at radius 1 is 1.23 bits per heavy atom. The van der Waals surface area contributed by atoms with Gasteiger partial charge in [0, 0.05) is 5.41 Å². The van der Waals surface area contributed by atoms with Crippen molar-refractivity contribution in [2.24, 2.45) is 11.3 Å². The molecule has 0 aromatic carbocycles. The summed E-state index contributed by atoms with van der Waals surface area (Å²) in [4.78, 5) is 0. The van der Waals surface area contributed by atoms with E-state index in [9.17, 15) is 5.11 Å². The lowest BCUT2D eigenvalue weighted by Gasteiger charge is -2.37. The van der Waals surface area contributed by atoms with E-state index in [1.54, 1.807) is 0 Å². The SMILES string of the molecule is CC1CCC2(CC1)CC(C)OC2O. The third-order valence-electron chi connectivity index (χ3n) is 3.85. The Kier molecular flexibility index (Phi) is 2.37. The Bertz CT molecular complexity index is 183. The molecule has 0 aromatic heterocycles. The van der Waals surface area contributed by atoms with Gasteiger partial charge in [-0.2, -0.15) is 0 Å². The van der Waals surface area contributed by atoms with Crippen LogP contribution in [0.2, 0.25) is 0 Å². The third-order valence-corrected chi connectivity index (χ3v) is 3.85. The number of ether oxygens (including phenoxy) is 1. The van der Waals surface area contributed by atoms with Gasteiger partial charge in [-0.3, -0.25) is 0 Å². The van der Waals surface area contributed by atoms with Crippen molar-refractivity contribution in [3.63, 3.8) is 0 Å². The van der Waals surface area contributed by atoms with Crippen LogP contribution in [-0.2, 0) is 4.74 Å². The molecule has 2 heteroatoms. The smallest absolute Gasteiger partial charge is 0.160 e. The van der Waals surface area contributed by atoms with Crippen LogP contribution in [0.3, 0.4) is 0 Å². The molecule has 0 aromatic rings. The lowest BCUT2D eigenvalue weighted by molar-refractivity contribution is -0.143. The van der Waals surface area contributed by atoms with E-state index in [2.05, 4.69) is 13.8 Å². The molecule has 2 unspecified atom stereocenters. The van der Waals surface area contributed by atoms with Crippen LogP contribution < -0.4 is 0 Å². The number of aliphatic hydroxyl groups is 1. The zero-order valence-corrected chi connectivity index (χ0v) is 8.62. The van der Waals surface area contributed by atoms with Crippen molar-refractivity contribution in [2.45, 2.75) is 58.3 Å². The van der Waals surface area contributed by atoms with Gasteiger partial charge in [0.25, 0.3) is 0 Å². The van der Waals surface area contributed by atoms with E-state index in [0.717, 1.165) is 25.2 Å². The first-order chi connectivity index (χ1) is 6.12. The van der Waals surface area contributed by atoms with Gasteiger partial charge in [0.05, 0.1) is 6.10 Å². The van der Waals surface area contributed by atoms with Crippen LogP contribution in [0.15, 0.2) is 0 Å². The molecule has 2 atom stereocenters. The molecular weight excluding hydrogens is 164 g/mol. The monoisotopic (exact) mass is 184 g/mol. The van der Waals surface area contributed by atoms with Crippen molar-refractivity contribution >= 4 is 0 Å². The van der Waals surface area contributed by atoms with Crippen molar-refractivity contribution in [3.8, 4) is 0 Å². The van der Waals surface area contributed by atoms with Crippen LogP contribution in [0, 0.1) is 11.3 Å². The van der Waals surface area contributed by atoms with Gasteiger partial charge < -0.3 is 9.84 Å². The summed E-state index contributed by atoms with van der Waals surface area (Å²) >= 11 is 0. The summed E-state index contributed by atoms with van der Waals surface area (Å²) in [5, 5.41) is 9.84. The first-order valence-electron chi connectivity index (χ1n) is 5.46. The maximum absolute atomic E-state index is 9.84. The van der Waals surface area contributed by atoms with E-state index in [0.29, 0.717) is 0 Å². The van der Waals surface area contributed by atoms with Gasteiger partial charge in [-0.15, -0.1) is 0 Å². The number of aliphatic hydroxyl groups excluding tert-OH is 1. The topological polar surface area (TPSA) is 29.5 Å². The fourth-order valence-corrected chi connectivity index (χ4v) is 2.87. The molecule has 0 bridgehead atoms. The van der Waals surface area contributed by atoms with E-state index < -0.39 is 6.29 Å². The number of hydrogen-bond acceptors (Lipinski definition) is 2. The average molecular weight is 184 g/mol. The zero-order valence-electron chi connectivity index (χ0n) is 8.62. The highest BCUT2D eigenvalue weighted by Crippen LogP contribution is 2.49. The van der Waals surface area contributed by atoms with Gasteiger partial charge in [-0.25, -0.2) is 0 Å². The van der Waals surface area contributed by atoms with Crippen molar-refractivity contribution in [2.75, 3.05) is 0 Å². The van der Waals surface area contributed by atoms with E-state index in [-0.39, 0.29) is 11.5 Å². The Labute approximate surface area is 80.3 Å². The van der Waals surface area contributed by atoms with E-state index in [4.69, 9.17) is 4.74 Å². The average Bonchev–Trinajstić information content (AvgIpc) is 2.34. The van der Waals surface area contributed by atoms with Crippen molar-refractivity contribution < 1.29 is 9.84 Å². The molecule has 2 fully saturated rings. The number of hydrogen-bond donors (Lipinski definition) is 1. The molecule has 2 aliphatic rings. The molecule has 0 radical (unpaired) electrons. The van der Waals surface area contributed by atoms with Crippen molar-refractivity contribution in [3.05, 3.63) is 0 Å². The van der Waals surface area contributed by atoms with Crippen LogP contribution in [0.4, 0.5) is 0 Å². The van der Waals surface area contributed by atoms with Crippen molar-refractivity contribution in [1.82, 2.24) is 0 Å². The second kappa shape index (κ2) is 3.25. The van der Waals surface area contributed by atoms with Gasteiger partial charge in [0.1, 0.15) is 0 Å². The first kappa shape index (κ1) is 9.47. The molecule has 1 aliphatic heterocycles. The van der Waals surface area contributed by atoms with Gasteiger partial charge in [0.2, 0.25) is 0 Å². The number of rotatable bonds is 0. The van der Waals surface area contributed by atoms with Crippen LogP contribution in [0.1, 0.15) is 46.0 Å². The normalized spacial score (nSPS) is 51.5. The molecule has 13 heavy (non-hydrogen) atoms. The predicted octanol–water partition coefficient (Wildman–Crippen LogP) is 2.31. The minimum Gasteiger partial charge on any atom is -0.367 e. The highest BCUT2D eigenvalue weighted by atomic mass is 16.6. The largest absolute Gasteiger partial charge is 0.367 e. The Morgan fingerprint density at radius 3 is 2.31 bits per heavy atom. The summed E-state index contributed by atoms with van der Waals surface area (Å²) in [6.07, 6.45) is 5.64. The van der Waals surface area contributed by atoms with Gasteiger partial charge in [0.15, 0.2) is 6.29 Å². The molecule has 1 aliphatic carbocycles. The molecule has 2 nitrogen and oxygen atoms in total. The molecule has 0 amide bonds. The minimum absolute atomic E-state index is 0.117. The summed E-state index contributed by atoms with van der Waals surface area (Å²) in [6, 6.07) is 0. The first-order valence-corrected chi connectivity index (χ1v) is 5.46. The zero-order chi connectivity index (χ0) is 9.47. The second-order valence-electron chi connectivity index (χ2n) is 5.05. The van der Waals surface area contributed by atoms with Gasteiger partial charge >= 0.3 is 0 Å². The molecule has 1 saturated heterocycles. The van der Waals surface area contributed by atoms with Gasteiger partial charge in [-0.05, 0) is 44.9 Å². The Hall–Kier alpha value is -0.0800. The highest BCUT2D eigenvalue weighted by Gasteiger charge is 2.47.